The lowest BCUT2D eigenvalue weighted by atomic mass is 10.1. The molecule has 2 nitrogen and oxygen atoms in total. The zero-order chi connectivity index (χ0) is 13.2. The molecular formula is C13H8F3NO. The van der Waals surface area contributed by atoms with Crippen molar-refractivity contribution >= 4 is 0 Å². The van der Waals surface area contributed by atoms with E-state index in [1.54, 1.807) is 18.2 Å². The molecule has 1 aromatic rings. The number of nitriles is 1. The zero-order valence-corrected chi connectivity index (χ0v) is 9.16. The molecule has 0 fully saturated rings. The number of benzene rings is 1. The van der Waals surface area contributed by atoms with Crippen molar-refractivity contribution in [2.24, 2.45) is 0 Å². The Morgan fingerprint density at radius 3 is 2.61 bits per heavy atom. The molecule has 0 aromatic heterocycles. The molecule has 5 heteroatoms. The van der Waals surface area contributed by atoms with E-state index in [1.165, 1.54) is 18.2 Å². The minimum atomic E-state index is -4.62. The maximum absolute atomic E-state index is 12.9. The van der Waals surface area contributed by atoms with Gasteiger partial charge in [0.25, 0.3) is 0 Å². The van der Waals surface area contributed by atoms with Crippen LogP contribution in [0.1, 0.15) is 17.5 Å². The Morgan fingerprint density at radius 1 is 1.28 bits per heavy atom. The quantitative estimate of drug-likeness (QED) is 0.800. The van der Waals surface area contributed by atoms with Crippen LogP contribution < -0.4 is 4.74 Å². The summed E-state index contributed by atoms with van der Waals surface area (Å²) in [7, 11) is 0. The smallest absolute Gasteiger partial charge is 0.421 e. The van der Waals surface area contributed by atoms with Crippen molar-refractivity contribution in [1.29, 1.82) is 5.26 Å². The second-order valence-corrected chi connectivity index (χ2v) is 3.66. The number of nitrogens with zero attached hydrogens (tertiary/aromatic N) is 1. The van der Waals surface area contributed by atoms with E-state index in [4.69, 9.17) is 10.00 Å². The van der Waals surface area contributed by atoms with Gasteiger partial charge in [-0.3, -0.25) is 0 Å². The van der Waals surface area contributed by atoms with E-state index in [0.29, 0.717) is 12.2 Å². The summed E-state index contributed by atoms with van der Waals surface area (Å²) in [6.45, 7) is 0. The summed E-state index contributed by atoms with van der Waals surface area (Å²) in [5, 5.41) is 8.73. The number of hydrogen-bond donors (Lipinski definition) is 0. The summed E-state index contributed by atoms with van der Waals surface area (Å²) in [5.41, 5.74) is -1.47. The van der Waals surface area contributed by atoms with Gasteiger partial charge >= 0.3 is 6.18 Å². The van der Waals surface area contributed by atoms with Crippen molar-refractivity contribution < 1.29 is 17.9 Å². The number of rotatable bonds is 2. The van der Waals surface area contributed by atoms with Gasteiger partial charge in [-0.2, -0.15) is 18.4 Å². The molecule has 1 aliphatic carbocycles. The lowest BCUT2D eigenvalue weighted by molar-refractivity contribution is -0.138. The minimum Gasteiger partial charge on any atom is -0.461 e. The molecule has 2 rings (SSSR count). The standard InChI is InChI=1S/C13H8F3NO/c14-13(15,16)12-9(8-17)4-3-7-11(12)18-10-5-1-2-6-10/h1-5,7H,6H2. The predicted molar refractivity (Wildman–Crippen MR) is 58.6 cm³/mol. The van der Waals surface area contributed by atoms with Crippen LogP contribution >= 0.6 is 0 Å². The van der Waals surface area contributed by atoms with E-state index in [-0.39, 0.29) is 5.75 Å². The Balaban J connectivity index is 2.44. The fourth-order valence-electron chi connectivity index (χ4n) is 1.65. The van der Waals surface area contributed by atoms with Crippen molar-refractivity contribution in [3.05, 3.63) is 53.3 Å². The molecule has 0 unspecified atom stereocenters. The lowest BCUT2D eigenvalue weighted by Gasteiger charge is -2.15. The molecule has 0 N–H and O–H groups in total. The molecule has 18 heavy (non-hydrogen) atoms. The largest absolute Gasteiger partial charge is 0.461 e. The molecule has 92 valence electrons. The van der Waals surface area contributed by atoms with Gasteiger partial charge < -0.3 is 4.74 Å². The van der Waals surface area contributed by atoms with Crippen LogP contribution in [0.15, 0.2) is 42.2 Å². The highest BCUT2D eigenvalue weighted by molar-refractivity contribution is 5.49. The van der Waals surface area contributed by atoms with Crippen LogP contribution in [-0.4, -0.2) is 0 Å². The van der Waals surface area contributed by atoms with Gasteiger partial charge in [0.05, 0.1) is 11.6 Å². The van der Waals surface area contributed by atoms with Gasteiger partial charge in [0.15, 0.2) is 0 Å². The van der Waals surface area contributed by atoms with Crippen molar-refractivity contribution in [2.45, 2.75) is 12.6 Å². The van der Waals surface area contributed by atoms with E-state index >= 15 is 0 Å². The predicted octanol–water partition coefficient (Wildman–Crippen LogP) is 3.80. The first-order valence-electron chi connectivity index (χ1n) is 5.16. The van der Waals surface area contributed by atoms with E-state index < -0.39 is 17.3 Å². The first-order valence-corrected chi connectivity index (χ1v) is 5.16. The van der Waals surface area contributed by atoms with Gasteiger partial charge in [0.1, 0.15) is 17.1 Å². The van der Waals surface area contributed by atoms with Crippen LogP contribution in [0.4, 0.5) is 13.2 Å². The number of halogens is 3. The SMILES string of the molecule is N#Cc1cccc(OC2=CC=CC2)c1C(F)(F)F. The summed E-state index contributed by atoms with van der Waals surface area (Å²) < 4.78 is 43.9. The monoisotopic (exact) mass is 251 g/mol. The molecule has 1 aromatic carbocycles. The molecular weight excluding hydrogens is 243 g/mol. The highest BCUT2D eigenvalue weighted by Gasteiger charge is 2.37. The third-order valence-electron chi connectivity index (χ3n) is 2.41. The van der Waals surface area contributed by atoms with Crippen LogP contribution in [0.5, 0.6) is 5.75 Å². The number of alkyl halides is 3. The van der Waals surface area contributed by atoms with Gasteiger partial charge in [0, 0.05) is 6.42 Å². The molecule has 0 spiro atoms. The number of allylic oxidation sites excluding steroid dienone is 3. The van der Waals surface area contributed by atoms with Gasteiger partial charge in [0.2, 0.25) is 0 Å². The molecule has 0 bridgehead atoms. The maximum Gasteiger partial charge on any atom is 0.421 e. The van der Waals surface area contributed by atoms with E-state index in [2.05, 4.69) is 0 Å². The summed E-state index contributed by atoms with van der Waals surface area (Å²) in [4.78, 5) is 0. The second-order valence-electron chi connectivity index (χ2n) is 3.66. The van der Waals surface area contributed by atoms with E-state index in [1.807, 2.05) is 0 Å². The van der Waals surface area contributed by atoms with Crippen molar-refractivity contribution in [3.8, 4) is 11.8 Å². The highest BCUT2D eigenvalue weighted by atomic mass is 19.4. The molecule has 0 saturated heterocycles. The van der Waals surface area contributed by atoms with Gasteiger partial charge in [-0.1, -0.05) is 18.2 Å². The first-order chi connectivity index (χ1) is 8.52. The Hall–Kier alpha value is -2.22. The van der Waals surface area contributed by atoms with Gasteiger partial charge in [-0.15, -0.1) is 0 Å². The molecule has 0 amide bonds. The van der Waals surface area contributed by atoms with Crippen molar-refractivity contribution in [1.82, 2.24) is 0 Å². The Morgan fingerprint density at radius 2 is 2.06 bits per heavy atom. The molecule has 1 aliphatic rings. The van der Waals surface area contributed by atoms with Crippen LogP contribution in [0.3, 0.4) is 0 Å². The van der Waals surface area contributed by atoms with Crippen LogP contribution in [0.2, 0.25) is 0 Å². The van der Waals surface area contributed by atoms with Crippen molar-refractivity contribution in [2.75, 3.05) is 0 Å². The average molecular weight is 251 g/mol. The van der Waals surface area contributed by atoms with Crippen LogP contribution in [0, 0.1) is 11.3 Å². The lowest BCUT2D eigenvalue weighted by Crippen LogP contribution is -2.11. The average Bonchev–Trinajstić information content (AvgIpc) is 2.80. The fraction of sp³-hybridized carbons (Fsp3) is 0.154. The fourth-order valence-corrected chi connectivity index (χ4v) is 1.65. The van der Waals surface area contributed by atoms with Crippen LogP contribution in [-0.2, 0) is 6.18 Å². The summed E-state index contributed by atoms with van der Waals surface area (Å²) in [6.07, 6.45) is 0.912. The molecule has 0 atom stereocenters. The van der Waals surface area contributed by atoms with Gasteiger partial charge in [-0.05, 0) is 18.2 Å². The third kappa shape index (κ3) is 2.38. The summed E-state index contributed by atoms with van der Waals surface area (Å²) in [5.74, 6) is 0.0899. The number of hydrogen-bond acceptors (Lipinski definition) is 2. The molecule has 0 radical (unpaired) electrons. The maximum atomic E-state index is 12.9. The Kier molecular flexibility index (Phi) is 3.11. The Bertz CT molecular complexity index is 565. The highest BCUT2D eigenvalue weighted by Crippen LogP contribution is 2.39. The molecule has 0 saturated carbocycles. The normalized spacial score (nSPS) is 14.2. The summed E-state index contributed by atoms with van der Waals surface area (Å²) in [6, 6.07) is 5.23. The van der Waals surface area contributed by atoms with Crippen LogP contribution in [0.25, 0.3) is 0 Å². The molecule has 0 heterocycles. The minimum absolute atomic E-state index is 0.337. The van der Waals surface area contributed by atoms with E-state index in [9.17, 15) is 13.2 Å². The summed E-state index contributed by atoms with van der Waals surface area (Å²) >= 11 is 0. The third-order valence-corrected chi connectivity index (χ3v) is 2.41. The second kappa shape index (κ2) is 4.57. The van der Waals surface area contributed by atoms with Gasteiger partial charge in [-0.25, -0.2) is 0 Å². The zero-order valence-electron chi connectivity index (χ0n) is 9.16. The number of ether oxygens (including phenoxy) is 1. The van der Waals surface area contributed by atoms with Crippen molar-refractivity contribution in [3.63, 3.8) is 0 Å². The van der Waals surface area contributed by atoms with E-state index in [0.717, 1.165) is 6.07 Å². The first kappa shape index (κ1) is 12.2. The molecule has 0 aliphatic heterocycles. The topological polar surface area (TPSA) is 33.0 Å². The Labute approximate surface area is 102 Å².